The van der Waals surface area contributed by atoms with Gasteiger partial charge in [-0.1, -0.05) is 13.3 Å². The second kappa shape index (κ2) is 5.31. The molecule has 15 heavy (non-hydrogen) atoms. The average molecular weight is 210 g/mol. The molecule has 2 heteroatoms. The standard InChI is InChI=1S/C13H26N2/c1-3-13(11-7-8-11)14-10-12-6-4-5-9-15(12)2/h11-14H,3-10H2,1-2H3. The zero-order chi connectivity index (χ0) is 10.7. The lowest BCUT2D eigenvalue weighted by Crippen LogP contribution is -2.46. The van der Waals surface area contributed by atoms with Crippen LogP contribution in [0.25, 0.3) is 0 Å². The van der Waals surface area contributed by atoms with Crippen LogP contribution >= 0.6 is 0 Å². The lowest BCUT2D eigenvalue weighted by Gasteiger charge is -2.33. The molecule has 0 aromatic carbocycles. The van der Waals surface area contributed by atoms with Gasteiger partial charge in [0.15, 0.2) is 0 Å². The number of likely N-dealkylation sites (tertiary alicyclic amines) is 1. The van der Waals surface area contributed by atoms with Crippen LogP contribution < -0.4 is 5.32 Å². The molecule has 1 saturated heterocycles. The zero-order valence-corrected chi connectivity index (χ0v) is 10.3. The number of nitrogens with zero attached hydrogens (tertiary/aromatic N) is 1. The van der Waals surface area contributed by atoms with Crippen molar-refractivity contribution in [2.45, 2.75) is 57.5 Å². The van der Waals surface area contributed by atoms with E-state index < -0.39 is 0 Å². The molecule has 2 fully saturated rings. The molecule has 2 nitrogen and oxygen atoms in total. The van der Waals surface area contributed by atoms with Crippen molar-refractivity contribution in [1.82, 2.24) is 10.2 Å². The van der Waals surface area contributed by atoms with Crippen LogP contribution in [-0.2, 0) is 0 Å². The van der Waals surface area contributed by atoms with Crippen LogP contribution in [0.4, 0.5) is 0 Å². The molecule has 0 aromatic heterocycles. The minimum absolute atomic E-state index is 0.798. The second-order valence-electron chi connectivity index (χ2n) is 5.39. The molecule has 0 radical (unpaired) electrons. The zero-order valence-electron chi connectivity index (χ0n) is 10.3. The maximum atomic E-state index is 3.79. The molecule has 1 aliphatic carbocycles. The monoisotopic (exact) mass is 210 g/mol. The van der Waals surface area contributed by atoms with E-state index in [1.54, 1.807) is 0 Å². The number of rotatable bonds is 5. The summed E-state index contributed by atoms with van der Waals surface area (Å²) in [6, 6.07) is 1.60. The third kappa shape index (κ3) is 3.18. The molecule has 88 valence electrons. The van der Waals surface area contributed by atoms with Crippen LogP contribution in [0.5, 0.6) is 0 Å². The number of hydrogen-bond acceptors (Lipinski definition) is 2. The van der Waals surface area contributed by atoms with Crippen LogP contribution in [0.3, 0.4) is 0 Å². The molecule has 2 unspecified atom stereocenters. The van der Waals surface area contributed by atoms with Gasteiger partial charge in [0, 0.05) is 18.6 Å². The molecule has 2 rings (SSSR count). The molecule has 2 atom stereocenters. The summed E-state index contributed by atoms with van der Waals surface area (Å²) in [5.41, 5.74) is 0. The van der Waals surface area contributed by atoms with Crippen molar-refractivity contribution in [1.29, 1.82) is 0 Å². The van der Waals surface area contributed by atoms with Crippen molar-refractivity contribution in [2.75, 3.05) is 20.1 Å². The van der Waals surface area contributed by atoms with Gasteiger partial charge < -0.3 is 10.2 Å². The molecule has 1 saturated carbocycles. The van der Waals surface area contributed by atoms with E-state index in [2.05, 4.69) is 24.2 Å². The van der Waals surface area contributed by atoms with Crippen molar-refractivity contribution in [3.63, 3.8) is 0 Å². The lowest BCUT2D eigenvalue weighted by molar-refractivity contribution is 0.176. The van der Waals surface area contributed by atoms with Gasteiger partial charge >= 0.3 is 0 Å². The van der Waals surface area contributed by atoms with Crippen molar-refractivity contribution in [3.8, 4) is 0 Å². The Morgan fingerprint density at radius 2 is 2.07 bits per heavy atom. The Morgan fingerprint density at radius 1 is 1.27 bits per heavy atom. The Hall–Kier alpha value is -0.0800. The third-order valence-corrected chi connectivity index (χ3v) is 4.17. The van der Waals surface area contributed by atoms with E-state index in [1.165, 1.54) is 51.6 Å². The van der Waals surface area contributed by atoms with Gasteiger partial charge in [0.05, 0.1) is 0 Å². The fraction of sp³-hybridized carbons (Fsp3) is 1.00. The van der Waals surface area contributed by atoms with E-state index in [-0.39, 0.29) is 0 Å². The highest BCUT2D eigenvalue weighted by Gasteiger charge is 2.30. The topological polar surface area (TPSA) is 15.3 Å². The molecular weight excluding hydrogens is 184 g/mol. The highest BCUT2D eigenvalue weighted by atomic mass is 15.2. The normalized spacial score (nSPS) is 30.4. The van der Waals surface area contributed by atoms with Crippen LogP contribution in [-0.4, -0.2) is 37.1 Å². The molecule has 1 aliphatic heterocycles. The average Bonchev–Trinajstić information content (AvgIpc) is 3.06. The van der Waals surface area contributed by atoms with Crippen LogP contribution in [0.15, 0.2) is 0 Å². The largest absolute Gasteiger partial charge is 0.312 e. The first-order valence-electron chi connectivity index (χ1n) is 6.75. The predicted molar refractivity (Wildman–Crippen MR) is 65.1 cm³/mol. The quantitative estimate of drug-likeness (QED) is 0.749. The fourth-order valence-corrected chi connectivity index (χ4v) is 2.83. The van der Waals surface area contributed by atoms with Gasteiger partial charge in [0.1, 0.15) is 0 Å². The maximum absolute atomic E-state index is 3.79. The first kappa shape index (κ1) is 11.4. The number of piperidine rings is 1. The summed E-state index contributed by atoms with van der Waals surface area (Å²) in [6.07, 6.45) is 8.45. The van der Waals surface area contributed by atoms with E-state index in [0.29, 0.717) is 0 Å². The van der Waals surface area contributed by atoms with Gasteiger partial charge in [-0.2, -0.15) is 0 Å². The smallest absolute Gasteiger partial charge is 0.0217 e. The SMILES string of the molecule is CCC(NCC1CCCCN1C)C1CC1. The second-order valence-corrected chi connectivity index (χ2v) is 5.39. The number of likely N-dealkylation sites (N-methyl/N-ethyl adjacent to an activating group) is 1. The van der Waals surface area contributed by atoms with Crippen molar-refractivity contribution in [2.24, 2.45) is 5.92 Å². The molecule has 2 aliphatic rings. The number of nitrogens with one attached hydrogen (secondary N) is 1. The van der Waals surface area contributed by atoms with E-state index in [4.69, 9.17) is 0 Å². The molecule has 1 N–H and O–H groups in total. The van der Waals surface area contributed by atoms with Crippen molar-refractivity contribution < 1.29 is 0 Å². The lowest BCUT2D eigenvalue weighted by atomic mass is 10.0. The number of hydrogen-bond donors (Lipinski definition) is 1. The summed E-state index contributed by atoms with van der Waals surface area (Å²) in [7, 11) is 2.28. The summed E-state index contributed by atoms with van der Waals surface area (Å²) >= 11 is 0. The van der Waals surface area contributed by atoms with Gasteiger partial charge in [-0.15, -0.1) is 0 Å². The van der Waals surface area contributed by atoms with Crippen LogP contribution in [0.2, 0.25) is 0 Å². The minimum atomic E-state index is 0.798. The molecule has 0 spiro atoms. The van der Waals surface area contributed by atoms with Gasteiger partial charge in [0.2, 0.25) is 0 Å². The molecule has 0 bridgehead atoms. The molecule has 0 aromatic rings. The van der Waals surface area contributed by atoms with E-state index in [0.717, 1.165) is 18.0 Å². The van der Waals surface area contributed by atoms with Gasteiger partial charge in [0.25, 0.3) is 0 Å². The first-order valence-corrected chi connectivity index (χ1v) is 6.75. The van der Waals surface area contributed by atoms with Crippen LogP contribution in [0.1, 0.15) is 45.4 Å². The van der Waals surface area contributed by atoms with E-state index in [9.17, 15) is 0 Å². The Kier molecular flexibility index (Phi) is 4.04. The molecular formula is C13H26N2. The Labute approximate surface area is 94.4 Å². The highest BCUT2D eigenvalue weighted by Crippen LogP contribution is 2.33. The van der Waals surface area contributed by atoms with E-state index >= 15 is 0 Å². The third-order valence-electron chi connectivity index (χ3n) is 4.17. The molecule has 1 heterocycles. The van der Waals surface area contributed by atoms with Gasteiger partial charge in [-0.25, -0.2) is 0 Å². The summed E-state index contributed by atoms with van der Waals surface area (Å²) < 4.78 is 0. The summed E-state index contributed by atoms with van der Waals surface area (Å²) in [5, 5.41) is 3.79. The first-order chi connectivity index (χ1) is 7.31. The van der Waals surface area contributed by atoms with Gasteiger partial charge in [-0.3, -0.25) is 0 Å². The summed E-state index contributed by atoms with van der Waals surface area (Å²) in [4.78, 5) is 2.54. The summed E-state index contributed by atoms with van der Waals surface area (Å²) in [6.45, 7) is 4.83. The maximum Gasteiger partial charge on any atom is 0.0217 e. The van der Waals surface area contributed by atoms with Crippen molar-refractivity contribution >= 4 is 0 Å². The Morgan fingerprint density at radius 3 is 2.67 bits per heavy atom. The minimum Gasteiger partial charge on any atom is -0.312 e. The van der Waals surface area contributed by atoms with Gasteiger partial charge in [-0.05, 0) is 51.6 Å². The Bertz CT molecular complexity index is 189. The van der Waals surface area contributed by atoms with Crippen molar-refractivity contribution in [3.05, 3.63) is 0 Å². The summed E-state index contributed by atoms with van der Waals surface area (Å²) in [5.74, 6) is 1.00. The van der Waals surface area contributed by atoms with E-state index in [1.807, 2.05) is 0 Å². The predicted octanol–water partition coefficient (Wildman–Crippen LogP) is 2.25. The fourth-order valence-electron chi connectivity index (χ4n) is 2.83. The van der Waals surface area contributed by atoms with Crippen LogP contribution in [0, 0.1) is 5.92 Å². The molecule has 0 amide bonds. The Balaban J connectivity index is 1.70. The highest BCUT2D eigenvalue weighted by molar-refractivity contribution is 4.87.